The molecule has 29 heavy (non-hydrogen) atoms. The highest BCUT2D eigenvalue weighted by atomic mass is 19.4. The Morgan fingerprint density at radius 2 is 1.83 bits per heavy atom. The zero-order chi connectivity index (χ0) is 20.6. The average molecular weight is 400 g/mol. The van der Waals surface area contributed by atoms with Gasteiger partial charge in [0.2, 0.25) is 0 Å². The molecule has 148 valence electrons. The van der Waals surface area contributed by atoms with E-state index in [1.54, 1.807) is 18.3 Å². The standard InChI is InChI=1S/C20H15F3N4O2/c21-20(22,23)15-3-5-16(6-4-15)26-8-9-27-18(19(26)29)14(12-25-27)10-17(28)13-2-1-7-24-11-13/h1-7,11-12H,8-10H2. The third-order valence-electron chi connectivity index (χ3n) is 4.74. The molecule has 1 aromatic carbocycles. The van der Waals surface area contributed by atoms with Gasteiger partial charge in [0.25, 0.3) is 5.91 Å². The number of rotatable bonds is 4. The summed E-state index contributed by atoms with van der Waals surface area (Å²) in [6, 6.07) is 7.73. The van der Waals surface area contributed by atoms with Gasteiger partial charge in [-0.1, -0.05) is 0 Å². The highest BCUT2D eigenvalue weighted by Crippen LogP contribution is 2.31. The first-order valence-electron chi connectivity index (χ1n) is 8.81. The van der Waals surface area contributed by atoms with Crippen LogP contribution < -0.4 is 4.90 Å². The summed E-state index contributed by atoms with van der Waals surface area (Å²) in [5.74, 6) is -0.601. The van der Waals surface area contributed by atoms with E-state index in [0.717, 1.165) is 12.1 Å². The summed E-state index contributed by atoms with van der Waals surface area (Å²) >= 11 is 0. The first-order valence-corrected chi connectivity index (χ1v) is 8.81. The lowest BCUT2D eigenvalue weighted by molar-refractivity contribution is -0.137. The lowest BCUT2D eigenvalue weighted by atomic mass is 10.0. The van der Waals surface area contributed by atoms with Crippen molar-refractivity contribution in [3.63, 3.8) is 0 Å². The number of halogens is 3. The van der Waals surface area contributed by atoms with Crippen LogP contribution in [0.3, 0.4) is 0 Å². The molecule has 0 saturated carbocycles. The highest BCUT2D eigenvalue weighted by Gasteiger charge is 2.32. The molecule has 1 aliphatic rings. The third kappa shape index (κ3) is 3.63. The number of carbonyl (C=O) groups is 2. The van der Waals surface area contributed by atoms with E-state index < -0.39 is 17.6 Å². The van der Waals surface area contributed by atoms with Gasteiger partial charge in [0, 0.05) is 42.2 Å². The van der Waals surface area contributed by atoms with Crippen LogP contribution in [-0.2, 0) is 19.1 Å². The fraction of sp³-hybridized carbons (Fsp3) is 0.200. The minimum Gasteiger partial charge on any atom is -0.305 e. The van der Waals surface area contributed by atoms with Crippen LogP contribution in [0.2, 0.25) is 0 Å². The normalized spacial score (nSPS) is 14.0. The van der Waals surface area contributed by atoms with Gasteiger partial charge in [-0.05, 0) is 36.4 Å². The quantitative estimate of drug-likeness (QED) is 0.630. The van der Waals surface area contributed by atoms with Gasteiger partial charge in [-0.3, -0.25) is 19.3 Å². The maximum Gasteiger partial charge on any atom is 0.416 e. The minimum atomic E-state index is -4.44. The molecule has 0 spiro atoms. The molecule has 1 aliphatic heterocycles. The van der Waals surface area contributed by atoms with E-state index in [1.807, 2.05) is 0 Å². The fourth-order valence-corrected chi connectivity index (χ4v) is 3.27. The molecule has 0 N–H and O–H groups in total. The van der Waals surface area contributed by atoms with Crippen molar-refractivity contribution in [2.75, 3.05) is 11.4 Å². The van der Waals surface area contributed by atoms with Gasteiger partial charge in [0.15, 0.2) is 5.78 Å². The summed E-state index contributed by atoms with van der Waals surface area (Å²) in [4.78, 5) is 30.8. The number of amides is 1. The monoisotopic (exact) mass is 400 g/mol. The topological polar surface area (TPSA) is 68.1 Å². The van der Waals surface area contributed by atoms with Crippen molar-refractivity contribution in [1.82, 2.24) is 14.8 Å². The summed E-state index contributed by atoms with van der Waals surface area (Å²) < 4.78 is 39.9. The van der Waals surface area contributed by atoms with Crippen molar-refractivity contribution in [1.29, 1.82) is 0 Å². The van der Waals surface area contributed by atoms with Crippen LogP contribution in [0.25, 0.3) is 0 Å². The molecule has 0 unspecified atom stereocenters. The van der Waals surface area contributed by atoms with Gasteiger partial charge in [-0.15, -0.1) is 0 Å². The number of carbonyl (C=O) groups excluding carboxylic acids is 2. The Morgan fingerprint density at radius 3 is 2.48 bits per heavy atom. The van der Waals surface area contributed by atoms with Crippen LogP contribution >= 0.6 is 0 Å². The summed E-state index contributed by atoms with van der Waals surface area (Å²) in [6.45, 7) is 0.651. The van der Waals surface area contributed by atoms with Crippen LogP contribution in [-0.4, -0.2) is 33.0 Å². The molecule has 6 nitrogen and oxygen atoms in total. The molecule has 3 heterocycles. The second kappa shape index (κ2) is 7.16. The maximum absolute atomic E-state index is 13.0. The second-order valence-electron chi connectivity index (χ2n) is 6.58. The maximum atomic E-state index is 13.0. The van der Waals surface area contributed by atoms with E-state index in [2.05, 4.69) is 10.1 Å². The molecule has 4 rings (SSSR count). The molecule has 0 atom stereocenters. The van der Waals surface area contributed by atoms with E-state index in [-0.39, 0.29) is 24.4 Å². The van der Waals surface area contributed by atoms with Crippen LogP contribution in [0.15, 0.2) is 55.0 Å². The van der Waals surface area contributed by atoms with E-state index >= 15 is 0 Å². The van der Waals surface area contributed by atoms with Gasteiger partial charge in [0.05, 0.1) is 18.3 Å². The van der Waals surface area contributed by atoms with Crippen LogP contribution in [0.4, 0.5) is 18.9 Å². The number of aromatic nitrogens is 3. The number of pyridine rings is 1. The lowest BCUT2D eigenvalue weighted by Gasteiger charge is -2.28. The van der Waals surface area contributed by atoms with Crippen LogP contribution in [0, 0.1) is 0 Å². The number of nitrogens with zero attached hydrogens (tertiary/aromatic N) is 4. The number of benzene rings is 1. The van der Waals surface area contributed by atoms with E-state index in [0.29, 0.717) is 23.4 Å². The van der Waals surface area contributed by atoms with Gasteiger partial charge in [-0.2, -0.15) is 18.3 Å². The van der Waals surface area contributed by atoms with Gasteiger partial charge >= 0.3 is 6.18 Å². The zero-order valence-electron chi connectivity index (χ0n) is 15.1. The van der Waals surface area contributed by atoms with E-state index in [4.69, 9.17) is 0 Å². The van der Waals surface area contributed by atoms with Crippen molar-refractivity contribution in [3.05, 3.63) is 77.4 Å². The molecule has 1 amide bonds. The van der Waals surface area contributed by atoms with Crippen LogP contribution in [0.5, 0.6) is 0 Å². The van der Waals surface area contributed by atoms with Gasteiger partial charge in [-0.25, -0.2) is 0 Å². The summed E-state index contributed by atoms with van der Waals surface area (Å²) in [7, 11) is 0. The first-order chi connectivity index (χ1) is 13.8. The number of anilines is 1. The number of alkyl halides is 3. The lowest BCUT2D eigenvalue weighted by Crippen LogP contribution is -2.41. The highest BCUT2D eigenvalue weighted by molar-refractivity contribution is 6.08. The third-order valence-corrected chi connectivity index (χ3v) is 4.74. The number of ketones is 1. The first kappa shape index (κ1) is 18.9. The molecule has 0 aliphatic carbocycles. The van der Waals surface area contributed by atoms with Crippen molar-refractivity contribution < 1.29 is 22.8 Å². The fourth-order valence-electron chi connectivity index (χ4n) is 3.27. The molecule has 9 heteroatoms. The van der Waals surface area contributed by atoms with Crippen molar-refractivity contribution in [2.24, 2.45) is 0 Å². The molecule has 3 aromatic rings. The predicted molar refractivity (Wildman–Crippen MR) is 97.6 cm³/mol. The van der Waals surface area contributed by atoms with Gasteiger partial charge < -0.3 is 4.90 Å². The van der Waals surface area contributed by atoms with Crippen LogP contribution in [0.1, 0.15) is 32.0 Å². The summed E-state index contributed by atoms with van der Waals surface area (Å²) in [5, 5.41) is 4.18. The summed E-state index contributed by atoms with van der Waals surface area (Å²) in [6.07, 6.45) is 0.0346. The molecule has 2 aromatic heterocycles. The Bertz CT molecular complexity index is 1060. The largest absolute Gasteiger partial charge is 0.416 e. The van der Waals surface area contributed by atoms with Crippen molar-refractivity contribution in [3.8, 4) is 0 Å². The second-order valence-corrected chi connectivity index (χ2v) is 6.58. The SMILES string of the molecule is O=C(Cc1cnn2c1C(=O)N(c1ccc(C(F)(F)F)cc1)CC2)c1cccnc1. The number of Topliss-reactive ketones (excluding diaryl/α,β-unsaturated/α-hetero) is 1. The van der Waals surface area contributed by atoms with Crippen molar-refractivity contribution in [2.45, 2.75) is 19.1 Å². The Labute approximate surface area is 163 Å². The van der Waals surface area contributed by atoms with E-state index in [1.165, 1.54) is 34.1 Å². The van der Waals surface area contributed by atoms with E-state index in [9.17, 15) is 22.8 Å². The summed E-state index contributed by atoms with van der Waals surface area (Å²) in [5.41, 5.74) is 0.752. The zero-order valence-corrected chi connectivity index (χ0v) is 15.1. The molecular weight excluding hydrogens is 385 g/mol. The Hall–Kier alpha value is -3.49. The van der Waals surface area contributed by atoms with Gasteiger partial charge in [0.1, 0.15) is 5.69 Å². The Balaban J connectivity index is 1.59. The molecule has 0 bridgehead atoms. The Kier molecular flexibility index (Phi) is 4.65. The predicted octanol–water partition coefficient (Wildman–Crippen LogP) is 3.38. The molecule has 0 saturated heterocycles. The Morgan fingerprint density at radius 1 is 1.07 bits per heavy atom. The minimum absolute atomic E-state index is 0.0202. The molecule has 0 radical (unpaired) electrons. The number of hydrogen-bond acceptors (Lipinski definition) is 4. The molecule has 0 fully saturated rings. The average Bonchev–Trinajstić information content (AvgIpc) is 3.12. The molecular formula is C20H15F3N4O2. The smallest absolute Gasteiger partial charge is 0.305 e. The van der Waals surface area contributed by atoms with Crippen molar-refractivity contribution >= 4 is 17.4 Å². The number of hydrogen-bond donors (Lipinski definition) is 0. The number of fused-ring (bicyclic) bond motifs is 1.